The van der Waals surface area contributed by atoms with Crippen molar-refractivity contribution >= 4 is 11.6 Å². The molecule has 1 atom stereocenters. The highest BCUT2D eigenvalue weighted by molar-refractivity contribution is 5.94. The largest absolute Gasteiger partial charge is 0.352 e. The summed E-state index contributed by atoms with van der Waals surface area (Å²) in [7, 11) is 0. The SMILES string of the molecule is Cc1ncccc1NC(=O)C1Cn2ccnc2C2(CCN(Cc3ccccn3)CC2)O1. The van der Waals surface area contributed by atoms with E-state index in [-0.39, 0.29) is 5.91 Å². The lowest BCUT2D eigenvalue weighted by Crippen LogP contribution is -2.53. The number of fused-ring (bicyclic) bond motifs is 2. The summed E-state index contributed by atoms with van der Waals surface area (Å²) in [6.45, 7) is 4.87. The number of anilines is 1. The van der Waals surface area contributed by atoms with Crippen LogP contribution in [0.15, 0.2) is 55.1 Å². The molecule has 1 N–H and O–H groups in total. The van der Waals surface area contributed by atoms with E-state index in [0.29, 0.717) is 12.2 Å². The minimum Gasteiger partial charge on any atom is -0.352 e. The fourth-order valence-electron chi connectivity index (χ4n) is 4.50. The predicted molar refractivity (Wildman–Crippen MR) is 115 cm³/mol. The fraction of sp³-hybridized carbons (Fsp3) is 0.391. The number of piperidine rings is 1. The van der Waals surface area contributed by atoms with Crippen molar-refractivity contribution in [3.8, 4) is 0 Å². The Balaban J connectivity index is 1.31. The van der Waals surface area contributed by atoms with Gasteiger partial charge in [-0.25, -0.2) is 4.98 Å². The summed E-state index contributed by atoms with van der Waals surface area (Å²) in [5, 5.41) is 2.99. The first-order valence-corrected chi connectivity index (χ1v) is 10.7. The fourth-order valence-corrected chi connectivity index (χ4v) is 4.50. The highest BCUT2D eigenvalue weighted by atomic mass is 16.5. The zero-order valence-corrected chi connectivity index (χ0v) is 17.6. The maximum Gasteiger partial charge on any atom is 0.255 e. The topological polar surface area (TPSA) is 85.2 Å². The average molecular weight is 419 g/mol. The molecule has 5 heterocycles. The van der Waals surface area contributed by atoms with Crippen LogP contribution in [0.3, 0.4) is 0 Å². The number of aryl methyl sites for hydroxylation is 1. The molecule has 0 radical (unpaired) electrons. The average Bonchev–Trinajstić information content (AvgIpc) is 3.27. The summed E-state index contributed by atoms with van der Waals surface area (Å²) < 4.78 is 8.58. The van der Waals surface area contributed by atoms with Gasteiger partial charge in [0, 0.05) is 44.4 Å². The van der Waals surface area contributed by atoms with E-state index in [1.807, 2.05) is 43.6 Å². The zero-order valence-electron chi connectivity index (χ0n) is 17.6. The molecule has 160 valence electrons. The number of aromatic nitrogens is 4. The lowest BCUT2D eigenvalue weighted by molar-refractivity contribution is -0.170. The molecular weight excluding hydrogens is 392 g/mol. The molecule has 1 fully saturated rings. The Bertz CT molecular complexity index is 1060. The molecule has 1 unspecified atom stereocenters. The summed E-state index contributed by atoms with van der Waals surface area (Å²) in [4.78, 5) is 28.7. The van der Waals surface area contributed by atoms with E-state index in [1.165, 1.54) is 0 Å². The molecule has 0 aromatic carbocycles. The number of hydrogen-bond donors (Lipinski definition) is 1. The Morgan fingerprint density at radius 1 is 1.13 bits per heavy atom. The van der Waals surface area contributed by atoms with Gasteiger partial charge in [-0.1, -0.05) is 6.07 Å². The monoisotopic (exact) mass is 418 g/mol. The predicted octanol–water partition coefficient (Wildman–Crippen LogP) is 2.51. The zero-order chi connectivity index (χ0) is 21.3. The van der Waals surface area contributed by atoms with Crippen LogP contribution in [0.2, 0.25) is 0 Å². The molecule has 5 rings (SSSR count). The van der Waals surface area contributed by atoms with Crippen LogP contribution in [0.4, 0.5) is 5.69 Å². The smallest absolute Gasteiger partial charge is 0.255 e. The van der Waals surface area contributed by atoms with E-state index in [4.69, 9.17) is 4.74 Å². The lowest BCUT2D eigenvalue weighted by Gasteiger charge is -2.45. The van der Waals surface area contributed by atoms with Gasteiger partial charge in [-0.2, -0.15) is 0 Å². The summed E-state index contributed by atoms with van der Waals surface area (Å²) >= 11 is 0. The number of nitrogens with one attached hydrogen (secondary N) is 1. The Morgan fingerprint density at radius 3 is 2.74 bits per heavy atom. The number of carbonyl (C=O) groups is 1. The van der Waals surface area contributed by atoms with E-state index in [2.05, 4.69) is 35.8 Å². The molecule has 8 heteroatoms. The highest BCUT2D eigenvalue weighted by Crippen LogP contribution is 2.40. The third-order valence-corrected chi connectivity index (χ3v) is 6.19. The van der Waals surface area contributed by atoms with Crippen LogP contribution in [0.1, 0.15) is 30.1 Å². The van der Waals surface area contributed by atoms with Crippen LogP contribution in [0, 0.1) is 6.92 Å². The van der Waals surface area contributed by atoms with Crippen molar-refractivity contribution < 1.29 is 9.53 Å². The van der Waals surface area contributed by atoms with Crippen LogP contribution in [0.5, 0.6) is 0 Å². The second-order valence-corrected chi connectivity index (χ2v) is 8.23. The Kier molecular flexibility index (Phi) is 5.25. The molecule has 1 saturated heterocycles. The lowest BCUT2D eigenvalue weighted by atomic mass is 9.88. The molecule has 1 amide bonds. The van der Waals surface area contributed by atoms with Crippen molar-refractivity contribution in [1.29, 1.82) is 0 Å². The first-order valence-electron chi connectivity index (χ1n) is 10.7. The van der Waals surface area contributed by atoms with Gasteiger partial charge in [0.1, 0.15) is 11.4 Å². The summed E-state index contributed by atoms with van der Waals surface area (Å²) in [6.07, 6.45) is 8.27. The van der Waals surface area contributed by atoms with E-state index in [9.17, 15) is 4.79 Å². The second kappa shape index (κ2) is 8.20. The van der Waals surface area contributed by atoms with Gasteiger partial charge in [-0.3, -0.25) is 19.7 Å². The summed E-state index contributed by atoms with van der Waals surface area (Å²) in [5.74, 6) is 0.775. The molecule has 0 aliphatic carbocycles. The number of nitrogens with zero attached hydrogens (tertiary/aromatic N) is 5. The summed E-state index contributed by atoms with van der Waals surface area (Å²) in [6, 6.07) is 9.67. The molecule has 2 aliphatic heterocycles. The number of amides is 1. The molecule has 0 saturated carbocycles. The molecule has 0 bridgehead atoms. The van der Waals surface area contributed by atoms with Gasteiger partial charge < -0.3 is 14.6 Å². The molecule has 2 aliphatic rings. The van der Waals surface area contributed by atoms with Crippen LogP contribution in [-0.4, -0.2) is 49.5 Å². The van der Waals surface area contributed by atoms with Crippen LogP contribution < -0.4 is 5.32 Å². The normalized spacial score (nSPS) is 20.4. The highest BCUT2D eigenvalue weighted by Gasteiger charge is 2.47. The number of hydrogen-bond acceptors (Lipinski definition) is 6. The number of likely N-dealkylation sites (tertiary alicyclic amines) is 1. The molecular formula is C23H26N6O2. The van der Waals surface area contributed by atoms with Gasteiger partial charge in [0.15, 0.2) is 6.10 Å². The Labute approximate surface area is 181 Å². The maximum atomic E-state index is 13.1. The molecule has 3 aromatic rings. The minimum atomic E-state index is -0.580. The van der Waals surface area contributed by atoms with Gasteiger partial charge >= 0.3 is 0 Å². The van der Waals surface area contributed by atoms with Crippen LogP contribution >= 0.6 is 0 Å². The minimum absolute atomic E-state index is 0.147. The van der Waals surface area contributed by atoms with E-state index in [0.717, 1.165) is 49.7 Å². The third-order valence-electron chi connectivity index (χ3n) is 6.19. The van der Waals surface area contributed by atoms with Gasteiger partial charge in [0.2, 0.25) is 0 Å². The van der Waals surface area contributed by atoms with Gasteiger partial charge in [-0.15, -0.1) is 0 Å². The quantitative estimate of drug-likeness (QED) is 0.701. The molecule has 8 nitrogen and oxygen atoms in total. The molecule has 31 heavy (non-hydrogen) atoms. The van der Waals surface area contributed by atoms with Crippen molar-refractivity contribution in [3.05, 3.63) is 72.3 Å². The molecule has 1 spiro atoms. The van der Waals surface area contributed by atoms with Gasteiger partial charge in [0.05, 0.1) is 23.6 Å². The van der Waals surface area contributed by atoms with Gasteiger partial charge in [-0.05, 0) is 44.0 Å². The van der Waals surface area contributed by atoms with Crippen molar-refractivity contribution in [2.75, 3.05) is 18.4 Å². The van der Waals surface area contributed by atoms with E-state index < -0.39 is 11.7 Å². The van der Waals surface area contributed by atoms with Crippen molar-refractivity contribution in [2.24, 2.45) is 0 Å². The number of rotatable bonds is 4. The second-order valence-electron chi connectivity index (χ2n) is 8.23. The Morgan fingerprint density at radius 2 is 1.97 bits per heavy atom. The summed E-state index contributed by atoms with van der Waals surface area (Å²) in [5.41, 5.74) is 2.02. The van der Waals surface area contributed by atoms with Crippen LogP contribution in [0.25, 0.3) is 0 Å². The third kappa shape index (κ3) is 3.96. The first kappa shape index (κ1) is 19.8. The van der Waals surface area contributed by atoms with Crippen molar-refractivity contribution in [3.63, 3.8) is 0 Å². The standard InChI is InChI=1S/C23H26N6O2/c1-17-19(6-4-10-24-17)27-21(30)20-16-29-14-11-26-22(29)23(31-20)7-12-28(13-8-23)15-18-5-2-3-9-25-18/h2-6,9-11,14,20H,7-8,12-13,15-16H2,1H3,(H,27,30). The van der Waals surface area contributed by atoms with Gasteiger partial charge in [0.25, 0.3) is 5.91 Å². The number of ether oxygens (including phenoxy) is 1. The van der Waals surface area contributed by atoms with Crippen LogP contribution in [-0.2, 0) is 28.2 Å². The Hall–Kier alpha value is -3.10. The maximum absolute atomic E-state index is 13.1. The van der Waals surface area contributed by atoms with Crippen molar-refractivity contribution in [1.82, 2.24) is 24.4 Å². The number of pyridine rings is 2. The van der Waals surface area contributed by atoms with E-state index >= 15 is 0 Å². The first-order chi connectivity index (χ1) is 15.1. The van der Waals surface area contributed by atoms with E-state index in [1.54, 1.807) is 12.4 Å². The van der Waals surface area contributed by atoms with Crippen molar-refractivity contribution in [2.45, 2.75) is 44.6 Å². The molecule has 3 aromatic heterocycles. The number of carbonyl (C=O) groups excluding carboxylic acids is 1. The number of imidazole rings is 1.